The molecule has 0 spiro atoms. The Morgan fingerprint density at radius 2 is 1.92 bits per heavy atom. The number of carbonyl (C=O) groups excluding carboxylic acids is 2. The Morgan fingerprint density at radius 3 is 2.58 bits per heavy atom. The van der Waals surface area contributed by atoms with Gasteiger partial charge in [-0.15, -0.1) is 0 Å². The van der Waals surface area contributed by atoms with E-state index in [2.05, 4.69) is 5.32 Å². The van der Waals surface area contributed by atoms with Gasteiger partial charge in [-0.3, -0.25) is 9.59 Å². The van der Waals surface area contributed by atoms with Gasteiger partial charge >= 0.3 is 0 Å². The van der Waals surface area contributed by atoms with Crippen molar-refractivity contribution < 1.29 is 14.0 Å². The van der Waals surface area contributed by atoms with Crippen LogP contribution in [-0.4, -0.2) is 18.4 Å². The summed E-state index contributed by atoms with van der Waals surface area (Å²) < 4.78 is 13.1. The Bertz CT molecular complexity index is 826. The lowest BCUT2D eigenvalue weighted by molar-refractivity contribution is -0.117. The highest BCUT2D eigenvalue weighted by molar-refractivity contribution is 6.34. The lowest BCUT2D eigenvalue weighted by Gasteiger charge is -2.18. The predicted octanol–water partition coefficient (Wildman–Crippen LogP) is 4.51. The SMILES string of the molecule is O=C(Nc1ccc(F)cc1Cl)c1ccc(Cl)c(N2CCCC2=O)c1. The summed E-state index contributed by atoms with van der Waals surface area (Å²) in [4.78, 5) is 25.9. The van der Waals surface area contributed by atoms with Crippen molar-refractivity contribution in [2.24, 2.45) is 0 Å². The minimum absolute atomic E-state index is 0.0176. The molecular weight excluding hydrogens is 354 g/mol. The highest BCUT2D eigenvalue weighted by atomic mass is 35.5. The molecule has 0 bridgehead atoms. The van der Waals surface area contributed by atoms with Crippen LogP contribution < -0.4 is 10.2 Å². The van der Waals surface area contributed by atoms with Crippen LogP contribution >= 0.6 is 23.2 Å². The second-order valence-electron chi connectivity index (χ2n) is 5.39. The molecule has 3 rings (SSSR count). The Balaban J connectivity index is 1.86. The zero-order valence-corrected chi connectivity index (χ0v) is 14.0. The molecule has 1 aliphatic heterocycles. The number of amides is 2. The monoisotopic (exact) mass is 366 g/mol. The molecule has 1 N–H and O–H groups in total. The number of anilines is 2. The quantitative estimate of drug-likeness (QED) is 0.868. The molecule has 7 heteroatoms. The van der Waals surface area contributed by atoms with E-state index in [1.165, 1.54) is 12.1 Å². The van der Waals surface area contributed by atoms with Crippen LogP contribution in [0.2, 0.25) is 10.0 Å². The second-order valence-corrected chi connectivity index (χ2v) is 6.21. The maximum absolute atomic E-state index is 13.1. The van der Waals surface area contributed by atoms with Crippen LogP contribution in [0.3, 0.4) is 0 Å². The molecule has 0 unspecified atom stereocenters. The molecule has 1 heterocycles. The molecule has 1 saturated heterocycles. The average molecular weight is 367 g/mol. The van der Waals surface area contributed by atoms with Crippen molar-refractivity contribution in [3.8, 4) is 0 Å². The first-order chi connectivity index (χ1) is 11.5. The second kappa shape index (κ2) is 6.79. The third kappa shape index (κ3) is 3.37. The van der Waals surface area contributed by atoms with Crippen LogP contribution in [0.25, 0.3) is 0 Å². The van der Waals surface area contributed by atoms with Gasteiger partial charge in [0, 0.05) is 18.5 Å². The summed E-state index contributed by atoms with van der Waals surface area (Å²) >= 11 is 12.1. The summed E-state index contributed by atoms with van der Waals surface area (Å²) in [5, 5.41) is 3.13. The highest BCUT2D eigenvalue weighted by Crippen LogP contribution is 2.31. The molecule has 0 saturated carbocycles. The van der Waals surface area contributed by atoms with Crippen LogP contribution in [0, 0.1) is 5.82 Å². The molecule has 0 radical (unpaired) electrons. The molecule has 0 atom stereocenters. The predicted molar refractivity (Wildman–Crippen MR) is 92.4 cm³/mol. The number of hydrogen-bond donors (Lipinski definition) is 1. The van der Waals surface area contributed by atoms with Crippen molar-refractivity contribution in [2.45, 2.75) is 12.8 Å². The molecule has 2 amide bonds. The Labute approximate surface area is 148 Å². The zero-order valence-electron chi connectivity index (χ0n) is 12.5. The van der Waals surface area contributed by atoms with Crippen LogP contribution in [0.4, 0.5) is 15.8 Å². The fourth-order valence-corrected chi connectivity index (χ4v) is 2.98. The average Bonchev–Trinajstić information content (AvgIpc) is 2.96. The van der Waals surface area contributed by atoms with E-state index in [9.17, 15) is 14.0 Å². The largest absolute Gasteiger partial charge is 0.321 e. The minimum atomic E-state index is -0.487. The molecule has 4 nitrogen and oxygen atoms in total. The van der Waals surface area contributed by atoms with E-state index < -0.39 is 11.7 Å². The third-order valence-electron chi connectivity index (χ3n) is 3.75. The third-order valence-corrected chi connectivity index (χ3v) is 4.38. The fraction of sp³-hybridized carbons (Fsp3) is 0.176. The van der Waals surface area contributed by atoms with Crippen LogP contribution in [-0.2, 0) is 4.79 Å². The summed E-state index contributed by atoms with van der Waals surface area (Å²) in [5.74, 6) is -0.927. The van der Waals surface area contributed by atoms with Crippen LogP contribution in [0.15, 0.2) is 36.4 Å². The standard InChI is InChI=1S/C17H13Cl2FN2O2/c18-12-5-3-10(8-15(12)22-7-1-2-16(22)23)17(24)21-14-6-4-11(20)9-13(14)19/h3-6,8-9H,1-2,7H2,(H,21,24). The van der Waals surface area contributed by atoms with Crippen molar-refractivity contribution in [2.75, 3.05) is 16.8 Å². The van der Waals surface area contributed by atoms with Gasteiger partial charge in [0.1, 0.15) is 5.82 Å². The van der Waals surface area contributed by atoms with Gasteiger partial charge in [0.15, 0.2) is 0 Å². The van der Waals surface area contributed by atoms with E-state index in [0.29, 0.717) is 34.9 Å². The molecule has 1 aliphatic rings. The maximum Gasteiger partial charge on any atom is 0.255 e. The van der Waals surface area contributed by atoms with Gasteiger partial charge in [0.2, 0.25) is 5.91 Å². The number of nitrogens with zero attached hydrogens (tertiary/aromatic N) is 1. The van der Waals surface area contributed by atoms with Crippen molar-refractivity contribution >= 4 is 46.4 Å². The number of hydrogen-bond acceptors (Lipinski definition) is 2. The summed E-state index contributed by atoms with van der Waals surface area (Å²) in [7, 11) is 0. The van der Waals surface area contributed by atoms with Crippen molar-refractivity contribution in [1.29, 1.82) is 0 Å². The van der Waals surface area contributed by atoms with Gasteiger partial charge in [0.25, 0.3) is 5.91 Å². The molecule has 2 aromatic carbocycles. The summed E-state index contributed by atoms with van der Waals surface area (Å²) in [6.45, 7) is 0.577. The van der Waals surface area contributed by atoms with Gasteiger partial charge in [-0.2, -0.15) is 0 Å². The van der Waals surface area contributed by atoms with E-state index in [1.807, 2.05) is 0 Å². The van der Waals surface area contributed by atoms with E-state index in [4.69, 9.17) is 23.2 Å². The number of nitrogens with one attached hydrogen (secondary N) is 1. The summed E-state index contributed by atoms with van der Waals surface area (Å²) in [6.07, 6.45) is 1.23. The summed E-state index contributed by atoms with van der Waals surface area (Å²) in [5.41, 5.74) is 1.14. The Morgan fingerprint density at radius 1 is 1.12 bits per heavy atom. The smallest absolute Gasteiger partial charge is 0.255 e. The number of halogens is 3. The first-order valence-electron chi connectivity index (χ1n) is 7.32. The molecule has 0 aliphatic carbocycles. The lowest BCUT2D eigenvalue weighted by atomic mass is 10.1. The van der Waals surface area contributed by atoms with E-state index >= 15 is 0 Å². The van der Waals surface area contributed by atoms with Crippen molar-refractivity contribution in [3.05, 3.63) is 57.8 Å². The van der Waals surface area contributed by atoms with Gasteiger partial charge < -0.3 is 10.2 Å². The van der Waals surface area contributed by atoms with Crippen molar-refractivity contribution in [1.82, 2.24) is 0 Å². The first kappa shape index (κ1) is 16.7. The lowest BCUT2D eigenvalue weighted by Crippen LogP contribution is -2.24. The van der Waals surface area contributed by atoms with E-state index in [-0.39, 0.29) is 10.9 Å². The number of benzene rings is 2. The van der Waals surface area contributed by atoms with E-state index in [1.54, 1.807) is 23.1 Å². The molecule has 2 aromatic rings. The summed E-state index contributed by atoms with van der Waals surface area (Å²) in [6, 6.07) is 8.41. The number of carbonyl (C=O) groups is 2. The highest BCUT2D eigenvalue weighted by Gasteiger charge is 2.24. The first-order valence-corrected chi connectivity index (χ1v) is 8.07. The fourth-order valence-electron chi connectivity index (χ4n) is 2.55. The van der Waals surface area contributed by atoms with Crippen molar-refractivity contribution in [3.63, 3.8) is 0 Å². The van der Waals surface area contributed by atoms with Crippen LogP contribution in [0.1, 0.15) is 23.2 Å². The van der Waals surface area contributed by atoms with Crippen LogP contribution in [0.5, 0.6) is 0 Å². The Kier molecular flexibility index (Phi) is 4.73. The molecule has 124 valence electrons. The maximum atomic E-state index is 13.1. The topological polar surface area (TPSA) is 49.4 Å². The van der Waals surface area contributed by atoms with Gasteiger partial charge in [-0.05, 0) is 42.8 Å². The molecule has 1 fully saturated rings. The minimum Gasteiger partial charge on any atom is -0.321 e. The zero-order chi connectivity index (χ0) is 17.3. The van der Waals surface area contributed by atoms with Gasteiger partial charge in [0.05, 0.1) is 21.4 Å². The number of rotatable bonds is 3. The molecular formula is C17H13Cl2FN2O2. The molecule has 24 heavy (non-hydrogen) atoms. The van der Waals surface area contributed by atoms with Gasteiger partial charge in [-0.25, -0.2) is 4.39 Å². The Hall–Kier alpha value is -2.11. The van der Waals surface area contributed by atoms with E-state index in [0.717, 1.165) is 12.5 Å². The normalized spacial score (nSPS) is 14.1. The van der Waals surface area contributed by atoms with Gasteiger partial charge in [-0.1, -0.05) is 23.2 Å². The molecule has 0 aromatic heterocycles.